The lowest BCUT2D eigenvalue weighted by atomic mass is 9.87. The molecule has 5 heteroatoms. The van der Waals surface area contributed by atoms with Gasteiger partial charge in [0.05, 0.1) is 5.75 Å². The monoisotopic (exact) mass is 276 g/mol. The molecule has 0 saturated heterocycles. The Bertz CT molecular complexity index is 475. The number of rotatable bonds is 4. The van der Waals surface area contributed by atoms with Gasteiger partial charge in [-0.25, -0.2) is 8.42 Å². The molecule has 0 atom stereocenters. The number of halogens is 1. The smallest absolute Gasteiger partial charge is 0.235 e. The van der Waals surface area contributed by atoms with Crippen LogP contribution in [0.15, 0.2) is 24.3 Å². The van der Waals surface area contributed by atoms with Gasteiger partial charge in [-0.3, -0.25) is 0 Å². The maximum Gasteiger partial charge on any atom is 0.235 e. The Kier molecular flexibility index (Phi) is 4.44. The average molecular weight is 277 g/mol. The molecule has 0 heterocycles. The van der Waals surface area contributed by atoms with Crippen molar-refractivity contribution in [1.29, 1.82) is 0 Å². The molecule has 17 heavy (non-hydrogen) atoms. The van der Waals surface area contributed by atoms with E-state index in [1.165, 1.54) is 0 Å². The maximum atomic E-state index is 10.7. The topological polar surface area (TPSA) is 43.4 Å². The highest BCUT2D eigenvalue weighted by molar-refractivity contribution is 8.13. The molecule has 0 N–H and O–H groups in total. The largest absolute Gasteiger partial charge is 0.492 e. The van der Waals surface area contributed by atoms with Crippen LogP contribution >= 0.6 is 10.7 Å². The number of benzene rings is 1. The van der Waals surface area contributed by atoms with E-state index in [1.54, 1.807) is 6.07 Å². The molecule has 0 aromatic heterocycles. The van der Waals surface area contributed by atoms with Crippen molar-refractivity contribution in [3.8, 4) is 5.75 Å². The van der Waals surface area contributed by atoms with Gasteiger partial charge in [-0.2, -0.15) is 0 Å². The second-order valence-electron chi connectivity index (χ2n) is 4.87. The van der Waals surface area contributed by atoms with Crippen molar-refractivity contribution in [2.45, 2.75) is 26.2 Å². The summed E-state index contributed by atoms with van der Waals surface area (Å²) in [4.78, 5) is 0. The Morgan fingerprint density at radius 1 is 1.29 bits per heavy atom. The highest BCUT2D eigenvalue weighted by Crippen LogP contribution is 2.25. The van der Waals surface area contributed by atoms with Gasteiger partial charge in [0.25, 0.3) is 0 Å². The van der Waals surface area contributed by atoms with Crippen LogP contribution in [0.5, 0.6) is 5.75 Å². The molecule has 96 valence electrons. The molecule has 0 radical (unpaired) electrons. The van der Waals surface area contributed by atoms with Gasteiger partial charge in [0.15, 0.2) is 0 Å². The third kappa shape index (κ3) is 5.41. The van der Waals surface area contributed by atoms with E-state index in [4.69, 9.17) is 15.4 Å². The van der Waals surface area contributed by atoms with Crippen LogP contribution in [0.25, 0.3) is 0 Å². The quantitative estimate of drug-likeness (QED) is 0.794. The Balaban J connectivity index is 2.67. The predicted octanol–water partition coefficient (Wildman–Crippen LogP) is 2.93. The molecular formula is C12H17ClO3S. The predicted molar refractivity (Wildman–Crippen MR) is 70.3 cm³/mol. The van der Waals surface area contributed by atoms with Crippen LogP contribution in [0.2, 0.25) is 0 Å². The zero-order valence-electron chi connectivity index (χ0n) is 10.2. The Labute approximate surface area is 107 Å². The van der Waals surface area contributed by atoms with Crippen molar-refractivity contribution in [2.24, 2.45) is 0 Å². The van der Waals surface area contributed by atoms with Gasteiger partial charge in [-0.15, -0.1) is 0 Å². The van der Waals surface area contributed by atoms with E-state index in [0.29, 0.717) is 5.75 Å². The van der Waals surface area contributed by atoms with E-state index in [2.05, 4.69) is 20.8 Å². The molecule has 0 fully saturated rings. The molecule has 0 bridgehead atoms. The Hall–Kier alpha value is -0.740. The second-order valence-corrected chi connectivity index (χ2v) is 7.77. The lowest BCUT2D eigenvalue weighted by Gasteiger charge is -2.19. The third-order valence-electron chi connectivity index (χ3n) is 2.30. The van der Waals surface area contributed by atoms with Crippen molar-refractivity contribution in [3.05, 3.63) is 29.8 Å². The van der Waals surface area contributed by atoms with Crippen molar-refractivity contribution >= 4 is 19.7 Å². The molecule has 0 aliphatic carbocycles. The maximum absolute atomic E-state index is 10.7. The normalized spacial score (nSPS) is 12.5. The molecule has 0 spiro atoms. The molecule has 0 amide bonds. The van der Waals surface area contributed by atoms with E-state index >= 15 is 0 Å². The fourth-order valence-corrected chi connectivity index (χ4v) is 1.78. The molecule has 0 aliphatic heterocycles. The van der Waals surface area contributed by atoms with Gasteiger partial charge >= 0.3 is 0 Å². The zero-order chi connectivity index (χ0) is 13.1. The number of ether oxygens (including phenoxy) is 1. The summed E-state index contributed by atoms with van der Waals surface area (Å²) >= 11 is 0. The average Bonchev–Trinajstić information content (AvgIpc) is 2.15. The summed E-state index contributed by atoms with van der Waals surface area (Å²) < 4.78 is 26.8. The standard InChI is InChI=1S/C12H17ClO3S/c1-12(2,3)10-5-4-6-11(9-10)16-7-8-17(13,14)15/h4-6,9H,7-8H2,1-3H3. The van der Waals surface area contributed by atoms with Crippen molar-refractivity contribution in [2.75, 3.05) is 12.4 Å². The van der Waals surface area contributed by atoms with Gasteiger partial charge in [0.2, 0.25) is 9.05 Å². The lowest BCUT2D eigenvalue weighted by Crippen LogP contribution is -2.12. The van der Waals surface area contributed by atoms with Gasteiger partial charge in [0, 0.05) is 10.7 Å². The highest BCUT2D eigenvalue weighted by atomic mass is 35.7. The molecule has 3 nitrogen and oxygen atoms in total. The van der Waals surface area contributed by atoms with Gasteiger partial charge in [0.1, 0.15) is 12.4 Å². The summed E-state index contributed by atoms with van der Waals surface area (Å²) in [6.45, 7) is 6.39. The summed E-state index contributed by atoms with van der Waals surface area (Å²) in [6.07, 6.45) is 0. The summed E-state index contributed by atoms with van der Waals surface area (Å²) in [5.41, 5.74) is 1.18. The van der Waals surface area contributed by atoms with E-state index in [-0.39, 0.29) is 17.8 Å². The first-order valence-electron chi connectivity index (χ1n) is 5.34. The van der Waals surface area contributed by atoms with Crippen LogP contribution in [0.1, 0.15) is 26.3 Å². The molecule has 1 rings (SSSR count). The molecule has 1 aromatic carbocycles. The summed E-state index contributed by atoms with van der Waals surface area (Å²) in [6, 6.07) is 7.63. The van der Waals surface area contributed by atoms with Crippen LogP contribution in [-0.2, 0) is 14.5 Å². The highest BCUT2D eigenvalue weighted by Gasteiger charge is 2.14. The Morgan fingerprint density at radius 2 is 1.94 bits per heavy atom. The van der Waals surface area contributed by atoms with Crippen molar-refractivity contribution in [3.63, 3.8) is 0 Å². The summed E-state index contributed by atoms with van der Waals surface area (Å²) in [5, 5.41) is 0. The first kappa shape index (κ1) is 14.3. The van der Waals surface area contributed by atoms with E-state index in [1.807, 2.05) is 18.2 Å². The van der Waals surface area contributed by atoms with E-state index in [9.17, 15) is 8.42 Å². The van der Waals surface area contributed by atoms with Crippen molar-refractivity contribution < 1.29 is 13.2 Å². The van der Waals surface area contributed by atoms with Gasteiger partial charge in [-0.05, 0) is 23.1 Å². The third-order valence-corrected chi connectivity index (χ3v) is 3.41. The molecule has 0 unspecified atom stereocenters. The number of hydrogen-bond donors (Lipinski definition) is 0. The molecular weight excluding hydrogens is 260 g/mol. The molecule has 0 saturated carbocycles. The summed E-state index contributed by atoms with van der Waals surface area (Å²) in [5.74, 6) is 0.478. The van der Waals surface area contributed by atoms with Crippen LogP contribution in [-0.4, -0.2) is 20.8 Å². The fraction of sp³-hybridized carbons (Fsp3) is 0.500. The Morgan fingerprint density at radius 3 is 2.47 bits per heavy atom. The second kappa shape index (κ2) is 5.27. The SMILES string of the molecule is CC(C)(C)c1cccc(OCCS(=O)(=O)Cl)c1. The van der Waals surface area contributed by atoms with Crippen LogP contribution in [0.3, 0.4) is 0 Å². The van der Waals surface area contributed by atoms with Crippen LogP contribution < -0.4 is 4.74 Å². The lowest BCUT2D eigenvalue weighted by molar-refractivity contribution is 0.340. The zero-order valence-corrected chi connectivity index (χ0v) is 11.8. The first-order valence-corrected chi connectivity index (χ1v) is 7.82. The van der Waals surface area contributed by atoms with E-state index < -0.39 is 9.05 Å². The number of hydrogen-bond acceptors (Lipinski definition) is 3. The summed E-state index contributed by atoms with van der Waals surface area (Å²) in [7, 11) is 1.61. The van der Waals surface area contributed by atoms with Crippen LogP contribution in [0.4, 0.5) is 0 Å². The van der Waals surface area contributed by atoms with Crippen molar-refractivity contribution in [1.82, 2.24) is 0 Å². The van der Waals surface area contributed by atoms with Gasteiger partial charge in [-0.1, -0.05) is 32.9 Å². The van der Waals surface area contributed by atoms with Gasteiger partial charge < -0.3 is 4.74 Å². The molecule has 1 aromatic rings. The fourth-order valence-electron chi connectivity index (χ4n) is 1.31. The van der Waals surface area contributed by atoms with E-state index in [0.717, 1.165) is 5.56 Å². The minimum atomic E-state index is -3.49. The first-order chi connectivity index (χ1) is 7.68. The molecule has 0 aliphatic rings. The minimum absolute atomic E-state index is 0.0396. The minimum Gasteiger partial charge on any atom is -0.492 e. The van der Waals surface area contributed by atoms with Crippen LogP contribution in [0, 0.1) is 0 Å².